The molecule has 7 heteroatoms. The summed E-state index contributed by atoms with van der Waals surface area (Å²) in [6.07, 6.45) is 6.33. The quantitative estimate of drug-likeness (QED) is 0.308. The second-order valence-corrected chi connectivity index (χ2v) is 6.70. The lowest BCUT2D eigenvalue weighted by atomic mass is 10.3. The van der Waals surface area contributed by atoms with Gasteiger partial charge in [-0.15, -0.1) is 0 Å². The molecule has 0 spiro atoms. The number of rotatable bonds is 8. The van der Waals surface area contributed by atoms with E-state index in [4.69, 9.17) is 21.4 Å². The predicted molar refractivity (Wildman–Crippen MR) is 93.7 cm³/mol. The van der Waals surface area contributed by atoms with Crippen molar-refractivity contribution < 1.29 is 18.7 Å². The number of unbranched alkanes of at least 4 members (excludes halogenated alkanes) is 2. The molecule has 0 atom stereocenters. The van der Waals surface area contributed by atoms with Crippen molar-refractivity contribution in [3.05, 3.63) is 29.1 Å². The number of ether oxygens (including phenoxy) is 1. The molecule has 1 fully saturated rings. The summed E-state index contributed by atoms with van der Waals surface area (Å²) in [7, 11) is 0. The summed E-state index contributed by atoms with van der Waals surface area (Å²) in [6.45, 7) is 2.77. The zero-order chi connectivity index (χ0) is 16.7. The molecule has 2 rings (SSSR count). The predicted octanol–water partition coefficient (Wildman–Crippen LogP) is 3.60. The Morgan fingerprint density at radius 1 is 1.48 bits per heavy atom. The van der Waals surface area contributed by atoms with Gasteiger partial charge in [0.15, 0.2) is 0 Å². The van der Waals surface area contributed by atoms with E-state index in [1.165, 1.54) is 16.7 Å². The zero-order valence-corrected chi connectivity index (χ0v) is 14.6. The summed E-state index contributed by atoms with van der Waals surface area (Å²) in [5.74, 6) is 0.0983. The Balaban J connectivity index is 1.82. The van der Waals surface area contributed by atoms with Gasteiger partial charge >= 0.3 is 5.97 Å². The first kappa shape index (κ1) is 17.7. The van der Waals surface area contributed by atoms with E-state index in [0.29, 0.717) is 21.6 Å². The Morgan fingerprint density at radius 3 is 3.00 bits per heavy atom. The molecular weight excluding hydrogens is 334 g/mol. The van der Waals surface area contributed by atoms with E-state index < -0.39 is 0 Å². The molecule has 0 N–H and O–H groups in total. The van der Waals surface area contributed by atoms with Gasteiger partial charge in [0, 0.05) is 12.6 Å². The van der Waals surface area contributed by atoms with Crippen LogP contribution in [-0.4, -0.2) is 34.2 Å². The molecule has 0 unspecified atom stereocenters. The number of amides is 1. The normalized spacial score (nSPS) is 16.4. The molecular formula is C16H19NO4S2. The number of esters is 1. The van der Waals surface area contributed by atoms with Gasteiger partial charge in [0.1, 0.15) is 10.1 Å². The minimum Gasteiger partial charge on any atom is -0.466 e. The molecule has 1 aromatic heterocycles. The number of carbonyl (C=O) groups excluding carboxylic acids is 2. The van der Waals surface area contributed by atoms with Crippen molar-refractivity contribution in [2.24, 2.45) is 0 Å². The van der Waals surface area contributed by atoms with Gasteiger partial charge in [-0.3, -0.25) is 14.5 Å². The summed E-state index contributed by atoms with van der Waals surface area (Å²) >= 11 is 6.42. The highest BCUT2D eigenvalue weighted by Crippen LogP contribution is 2.32. The molecule has 0 radical (unpaired) electrons. The number of furan rings is 1. The van der Waals surface area contributed by atoms with Gasteiger partial charge in [0.25, 0.3) is 5.91 Å². The molecule has 1 amide bonds. The number of thiocarbonyl (C=S) groups is 1. The maximum atomic E-state index is 12.3. The third-order valence-corrected chi connectivity index (χ3v) is 4.62. The smallest absolute Gasteiger partial charge is 0.307 e. The van der Waals surface area contributed by atoms with Crippen molar-refractivity contribution in [2.45, 2.75) is 32.6 Å². The van der Waals surface area contributed by atoms with Gasteiger partial charge in [-0.1, -0.05) is 43.7 Å². The van der Waals surface area contributed by atoms with E-state index in [9.17, 15) is 9.59 Å². The third-order valence-electron chi connectivity index (χ3n) is 3.24. The van der Waals surface area contributed by atoms with Gasteiger partial charge in [-0.2, -0.15) is 0 Å². The van der Waals surface area contributed by atoms with Gasteiger partial charge in [0.2, 0.25) is 0 Å². The molecule has 0 saturated carbocycles. The van der Waals surface area contributed by atoms with Gasteiger partial charge in [0.05, 0.1) is 24.2 Å². The van der Waals surface area contributed by atoms with Gasteiger partial charge in [-0.05, 0) is 18.6 Å². The lowest BCUT2D eigenvalue weighted by Crippen LogP contribution is -2.30. The lowest BCUT2D eigenvalue weighted by Gasteiger charge is -2.13. The Bertz CT molecular complexity index is 595. The van der Waals surface area contributed by atoms with Crippen LogP contribution in [0.4, 0.5) is 0 Å². The molecule has 0 aromatic carbocycles. The molecule has 0 bridgehead atoms. The van der Waals surface area contributed by atoms with Crippen LogP contribution in [0.3, 0.4) is 0 Å². The van der Waals surface area contributed by atoms with Crippen molar-refractivity contribution in [1.82, 2.24) is 4.90 Å². The highest BCUT2D eigenvalue weighted by atomic mass is 32.2. The first-order valence-corrected chi connectivity index (χ1v) is 8.78. The monoisotopic (exact) mass is 353 g/mol. The van der Waals surface area contributed by atoms with Crippen LogP contribution in [0.5, 0.6) is 0 Å². The molecule has 2 heterocycles. The van der Waals surface area contributed by atoms with Crippen LogP contribution < -0.4 is 0 Å². The highest BCUT2D eigenvalue weighted by Gasteiger charge is 2.32. The standard InChI is InChI=1S/C16H19NO4S2/c1-2-3-4-9-21-14(18)7-8-17-15(19)13(23-16(17)22)11-12-6-5-10-20-12/h5-6,10-11H,2-4,7-9H2,1H3. The lowest BCUT2D eigenvalue weighted by molar-refractivity contribution is -0.144. The van der Waals surface area contributed by atoms with Gasteiger partial charge in [-0.25, -0.2) is 0 Å². The first-order chi connectivity index (χ1) is 11.1. The maximum Gasteiger partial charge on any atom is 0.307 e. The SMILES string of the molecule is CCCCCOC(=O)CCN1C(=O)C(=Cc2ccco2)SC1=S. The molecule has 1 saturated heterocycles. The second kappa shape index (κ2) is 8.88. The zero-order valence-electron chi connectivity index (χ0n) is 12.9. The van der Waals surface area contributed by atoms with Crippen LogP contribution in [0.2, 0.25) is 0 Å². The first-order valence-electron chi connectivity index (χ1n) is 7.56. The van der Waals surface area contributed by atoms with Crippen molar-refractivity contribution >= 4 is 46.3 Å². The number of carbonyl (C=O) groups is 2. The van der Waals surface area contributed by atoms with Crippen LogP contribution in [0.1, 0.15) is 38.4 Å². The Kier molecular flexibility index (Phi) is 6.85. The largest absolute Gasteiger partial charge is 0.466 e. The molecule has 1 aromatic rings. The highest BCUT2D eigenvalue weighted by molar-refractivity contribution is 8.26. The topological polar surface area (TPSA) is 59.8 Å². The van der Waals surface area contributed by atoms with E-state index in [0.717, 1.165) is 19.3 Å². The van der Waals surface area contributed by atoms with Crippen molar-refractivity contribution in [2.75, 3.05) is 13.2 Å². The summed E-state index contributed by atoms with van der Waals surface area (Å²) < 4.78 is 10.8. The number of hydrogen-bond acceptors (Lipinski definition) is 6. The fourth-order valence-corrected chi connectivity index (χ4v) is 3.30. The Labute approximate surface area is 145 Å². The Morgan fingerprint density at radius 2 is 2.30 bits per heavy atom. The van der Waals surface area contributed by atoms with E-state index in [2.05, 4.69) is 6.92 Å². The van der Waals surface area contributed by atoms with Crippen molar-refractivity contribution in [3.63, 3.8) is 0 Å². The van der Waals surface area contributed by atoms with Crippen LogP contribution in [0, 0.1) is 0 Å². The van der Waals surface area contributed by atoms with Crippen molar-refractivity contribution in [3.8, 4) is 0 Å². The van der Waals surface area contributed by atoms with Crippen LogP contribution in [0.25, 0.3) is 6.08 Å². The average molecular weight is 353 g/mol. The number of nitrogens with zero attached hydrogens (tertiary/aromatic N) is 1. The van der Waals surface area contributed by atoms with E-state index >= 15 is 0 Å². The van der Waals surface area contributed by atoms with Crippen LogP contribution in [0.15, 0.2) is 27.7 Å². The molecule has 23 heavy (non-hydrogen) atoms. The van der Waals surface area contributed by atoms with E-state index in [1.807, 2.05) is 0 Å². The fourth-order valence-electron chi connectivity index (χ4n) is 2.01. The summed E-state index contributed by atoms with van der Waals surface area (Å²) in [4.78, 5) is 25.9. The van der Waals surface area contributed by atoms with Gasteiger partial charge < -0.3 is 9.15 Å². The minimum atomic E-state index is -0.301. The summed E-state index contributed by atoms with van der Waals surface area (Å²) in [6, 6.07) is 3.52. The van der Waals surface area contributed by atoms with E-state index in [-0.39, 0.29) is 24.8 Å². The van der Waals surface area contributed by atoms with Crippen LogP contribution in [-0.2, 0) is 14.3 Å². The third kappa shape index (κ3) is 5.21. The Hall–Kier alpha value is -1.60. The minimum absolute atomic E-state index is 0.145. The molecule has 1 aliphatic heterocycles. The second-order valence-electron chi connectivity index (χ2n) is 5.03. The number of hydrogen-bond donors (Lipinski definition) is 0. The maximum absolute atomic E-state index is 12.3. The molecule has 124 valence electrons. The number of thioether (sulfide) groups is 1. The fraction of sp³-hybridized carbons (Fsp3) is 0.438. The summed E-state index contributed by atoms with van der Waals surface area (Å²) in [5.41, 5.74) is 0. The van der Waals surface area contributed by atoms with Crippen LogP contribution >= 0.6 is 24.0 Å². The van der Waals surface area contributed by atoms with Crippen molar-refractivity contribution in [1.29, 1.82) is 0 Å². The summed E-state index contributed by atoms with van der Waals surface area (Å²) in [5, 5.41) is 0. The molecule has 1 aliphatic rings. The average Bonchev–Trinajstić information content (AvgIpc) is 3.12. The molecule has 5 nitrogen and oxygen atoms in total. The van der Waals surface area contributed by atoms with E-state index in [1.54, 1.807) is 24.5 Å². The molecule has 0 aliphatic carbocycles.